The number of carbonyl (C=O) groups excluding carboxylic acids is 1. The zero-order valence-corrected chi connectivity index (χ0v) is 17.7. The number of benzene rings is 2. The summed E-state index contributed by atoms with van der Waals surface area (Å²) in [5, 5.41) is 7.68. The van der Waals surface area contributed by atoms with Gasteiger partial charge in [-0.05, 0) is 25.0 Å². The fourth-order valence-corrected chi connectivity index (χ4v) is 3.54. The fourth-order valence-electron chi connectivity index (χ4n) is 3.54. The lowest BCUT2D eigenvalue weighted by Crippen LogP contribution is -2.29. The van der Waals surface area contributed by atoms with E-state index >= 15 is 0 Å². The molecule has 0 saturated carbocycles. The van der Waals surface area contributed by atoms with Crippen LogP contribution < -0.4 is 10.9 Å². The molecule has 4 aromatic rings. The van der Waals surface area contributed by atoms with E-state index in [9.17, 15) is 9.59 Å². The normalized spacial score (nSPS) is 11.0. The lowest BCUT2D eigenvalue weighted by molar-refractivity contribution is -0.120. The van der Waals surface area contributed by atoms with Gasteiger partial charge in [-0.2, -0.15) is 5.10 Å². The minimum Gasteiger partial charge on any atom is -0.354 e. The molecule has 0 saturated heterocycles. The zero-order valence-electron chi connectivity index (χ0n) is 17.7. The molecule has 2 heterocycles. The second-order valence-electron chi connectivity index (χ2n) is 7.78. The van der Waals surface area contributed by atoms with E-state index in [1.165, 1.54) is 5.56 Å². The molecule has 0 fully saturated rings. The van der Waals surface area contributed by atoms with E-state index in [1.54, 1.807) is 21.8 Å². The maximum Gasteiger partial charge on any atom is 0.264 e. The molecule has 2 aromatic carbocycles. The Balaban J connectivity index is 1.40. The lowest BCUT2D eigenvalue weighted by atomic mass is 10.1. The maximum atomic E-state index is 12.8. The van der Waals surface area contributed by atoms with Crippen LogP contribution in [-0.4, -0.2) is 31.8 Å². The highest BCUT2D eigenvalue weighted by molar-refractivity contribution is 5.78. The van der Waals surface area contributed by atoms with Crippen LogP contribution in [0, 0.1) is 13.8 Å². The van der Waals surface area contributed by atoms with Crippen LogP contribution in [0.5, 0.6) is 0 Å². The smallest absolute Gasteiger partial charge is 0.264 e. The van der Waals surface area contributed by atoms with Crippen LogP contribution in [0.3, 0.4) is 0 Å². The predicted octanol–water partition coefficient (Wildman–Crippen LogP) is 2.62. The minimum absolute atomic E-state index is 0.0459. The Bertz CT molecular complexity index is 1270. The van der Waals surface area contributed by atoms with Crippen LogP contribution in [-0.2, 0) is 24.3 Å². The Morgan fingerprint density at radius 1 is 1.03 bits per heavy atom. The summed E-state index contributed by atoms with van der Waals surface area (Å²) in [6.07, 6.45) is 3.44. The second-order valence-corrected chi connectivity index (χ2v) is 7.78. The summed E-state index contributed by atoms with van der Waals surface area (Å²) in [5.74, 6) is -0.0459. The molecule has 0 aliphatic carbocycles. The number of aryl methyl sites for hydroxylation is 2. The van der Waals surface area contributed by atoms with Gasteiger partial charge in [0, 0.05) is 6.54 Å². The topological polar surface area (TPSA) is 81.8 Å². The summed E-state index contributed by atoms with van der Waals surface area (Å²) in [5.41, 5.74) is 4.73. The van der Waals surface area contributed by atoms with E-state index in [2.05, 4.69) is 15.4 Å². The lowest BCUT2D eigenvalue weighted by Gasteiger charge is -2.08. The number of aromatic nitrogens is 4. The quantitative estimate of drug-likeness (QED) is 0.503. The average molecular weight is 415 g/mol. The summed E-state index contributed by atoms with van der Waals surface area (Å²) < 4.78 is 3.24. The van der Waals surface area contributed by atoms with E-state index in [0.29, 0.717) is 37.1 Å². The fraction of sp³-hybridized carbons (Fsp3) is 0.250. The van der Waals surface area contributed by atoms with Gasteiger partial charge in [0.25, 0.3) is 5.56 Å². The first-order valence-corrected chi connectivity index (χ1v) is 10.3. The van der Waals surface area contributed by atoms with Crippen LogP contribution in [0.1, 0.15) is 22.3 Å². The Hall–Kier alpha value is -3.74. The van der Waals surface area contributed by atoms with Crippen molar-refractivity contribution in [2.75, 3.05) is 6.54 Å². The molecule has 0 spiro atoms. The molecule has 7 nitrogen and oxygen atoms in total. The van der Waals surface area contributed by atoms with Crippen LogP contribution in [0.25, 0.3) is 11.0 Å². The number of amides is 1. The van der Waals surface area contributed by atoms with Crippen molar-refractivity contribution in [3.05, 3.63) is 93.7 Å². The summed E-state index contributed by atoms with van der Waals surface area (Å²) in [4.78, 5) is 29.5. The summed E-state index contributed by atoms with van der Waals surface area (Å²) in [6.45, 7) is 5.35. The Labute approximate surface area is 180 Å². The van der Waals surface area contributed by atoms with Gasteiger partial charge in [0.15, 0.2) is 5.65 Å². The first-order chi connectivity index (χ1) is 15.0. The molecule has 0 bridgehead atoms. The van der Waals surface area contributed by atoms with E-state index < -0.39 is 0 Å². The zero-order chi connectivity index (χ0) is 21.8. The van der Waals surface area contributed by atoms with E-state index in [4.69, 9.17) is 0 Å². The standard InChI is InChI=1S/C24H25N5O2/c1-17-6-8-19(9-7-17)15-28-16-26-23-21(24(28)31)14-27-29(23)11-10-25-22(30)13-20-5-3-4-18(2)12-20/h3-9,12,14,16H,10-11,13,15H2,1-2H3,(H,25,30). The van der Waals surface area contributed by atoms with Gasteiger partial charge >= 0.3 is 0 Å². The molecule has 158 valence electrons. The van der Waals surface area contributed by atoms with Gasteiger partial charge < -0.3 is 5.32 Å². The third kappa shape index (κ3) is 4.88. The van der Waals surface area contributed by atoms with Gasteiger partial charge in [0.05, 0.1) is 25.7 Å². The third-order valence-corrected chi connectivity index (χ3v) is 5.19. The van der Waals surface area contributed by atoms with Crippen molar-refractivity contribution in [1.29, 1.82) is 0 Å². The van der Waals surface area contributed by atoms with Gasteiger partial charge in [0.2, 0.25) is 5.91 Å². The number of carbonyl (C=O) groups is 1. The molecule has 1 N–H and O–H groups in total. The molecule has 4 rings (SSSR count). The molecular formula is C24H25N5O2. The van der Waals surface area contributed by atoms with Gasteiger partial charge in [-0.1, -0.05) is 59.7 Å². The SMILES string of the molecule is Cc1ccc(Cn2cnc3c(cnn3CCNC(=O)Cc3cccc(C)c3)c2=O)cc1. The van der Waals surface area contributed by atoms with Crippen molar-refractivity contribution >= 4 is 16.9 Å². The van der Waals surface area contributed by atoms with Gasteiger partial charge in [-0.15, -0.1) is 0 Å². The molecular weight excluding hydrogens is 390 g/mol. The van der Waals surface area contributed by atoms with Crippen LogP contribution in [0.4, 0.5) is 0 Å². The second kappa shape index (κ2) is 8.95. The first kappa shape index (κ1) is 20.5. The number of nitrogens with one attached hydrogen (secondary N) is 1. The van der Waals surface area contributed by atoms with Crippen LogP contribution in [0.15, 0.2) is 65.8 Å². The highest BCUT2D eigenvalue weighted by Crippen LogP contribution is 2.08. The molecule has 0 aliphatic rings. The van der Waals surface area contributed by atoms with Gasteiger partial charge in [-0.3, -0.25) is 14.2 Å². The number of hydrogen-bond acceptors (Lipinski definition) is 4. The molecule has 1 amide bonds. The molecule has 7 heteroatoms. The number of nitrogens with zero attached hydrogens (tertiary/aromatic N) is 4. The summed E-state index contributed by atoms with van der Waals surface area (Å²) in [7, 11) is 0. The van der Waals surface area contributed by atoms with Crippen molar-refractivity contribution in [3.8, 4) is 0 Å². The summed E-state index contributed by atoms with van der Waals surface area (Å²) >= 11 is 0. The first-order valence-electron chi connectivity index (χ1n) is 10.3. The van der Waals surface area contributed by atoms with Gasteiger partial charge in [0.1, 0.15) is 11.7 Å². The molecule has 0 unspecified atom stereocenters. The Morgan fingerprint density at radius 3 is 2.61 bits per heavy atom. The maximum absolute atomic E-state index is 12.8. The van der Waals surface area contributed by atoms with Crippen molar-refractivity contribution in [2.24, 2.45) is 0 Å². The highest BCUT2D eigenvalue weighted by Gasteiger charge is 2.11. The highest BCUT2D eigenvalue weighted by atomic mass is 16.1. The van der Waals surface area contributed by atoms with E-state index in [-0.39, 0.29) is 11.5 Å². The molecule has 2 aromatic heterocycles. The number of fused-ring (bicyclic) bond motifs is 1. The Kier molecular flexibility index (Phi) is 5.93. The number of rotatable bonds is 7. The predicted molar refractivity (Wildman–Crippen MR) is 120 cm³/mol. The van der Waals surface area contributed by atoms with Crippen molar-refractivity contribution in [3.63, 3.8) is 0 Å². The average Bonchev–Trinajstić information content (AvgIpc) is 3.15. The monoisotopic (exact) mass is 415 g/mol. The molecule has 0 aliphatic heterocycles. The van der Waals surface area contributed by atoms with Crippen molar-refractivity contribution < 1.29 is 4.79 Å². The van der Waals surface area contributed by atoms with E-state index in [0.717, 1.165) is 16.7 Å². The van der Waals surface area contributed by atoms with Crippen molar-refractivity contribution in [1.82, 2.24) is 24.6 Å². The van der Waals surface area contributed by atoms with Gasteiger partial charge in [-0.25, -0.2) is 9.67 Å². The molecule has 0 atom stereocenters. The van der Waals surface area contributed by atoms with Crippen LogP contribution in [0.2, 0.25) is 0 Å². The van der Waals surface area contributed by atoms with Crippen molar-refractivity contribution in [2.45, 2.75) is 33.4 Å². The Morgan fingerprint density at radius 2 is 1.84 bits per heavy atom. The van der Waals surface area contributed by atoms with E-state index in [1.807, 2.05) is 62.4 Å². The minimum atomic E-state index is -0.125. The summed E-state index contributed by atoms with van der Waals surface area (Å²) in [6, 6.07) is 16.0. The molecule has 0 radical (unpaired) electrons. The third-order valence-electron chi connectivity index (χ3n) is 5.19. The largest absolute Gasteiger partial charge is 0.354 e. The van der Waals surface area contributed by atoms with Crippen LogP contribution >= 0.6 is 0 Å². The molecule has 31 heavy (non-hydrogen) atoms. The number of hydrogen-bond donors (Lipinski definition) is 1.